The van der Waals surface area contributed by atoms with Crippen LogP contribution in [0.5, 0.6) is 0 Å². The highest BCUT2D eigenvalue weighted by Crippen LogP contribution is 2.21. The lowest BCUT2D eigenvalue weighted by Crippen LogP contribution is -2.41. The first kappa shape index (κ1) is 18.2. The third-order valence-corrected chi connectivity index (χ3v) is 5.31. The lowest BCUT2D eigenvalue weighted by atomic mass is 10.2. The molecule has 4 heterocycles. The SMILES string of the molecule is O=C(c1cnc2ccccc2n1)N1CCCC1Cn1nc(-n2ccnc2)ccc1=O. The summed E-state index contributed by atoms with van der Waals surface area (Å²) in [5, 5.41) is 4.45. The molecule has 1 saturated heterocycles. The van der Waals surface area contributed by atoms with Crippen LogP contribution in [-0.2, 0) is 6.54 Å². The van der Waals surface area contributed by atoms with Crippen molar-refractivity contribution in [2.45, 2.75) is 25.4 Å². The molecule has 1 fully saturated rings. The maximum atomic E-state index is 13.1. The van der Waals surface area contributed by atoms with Crippen LogP contribution in [-0.4, -0.2) is 52.7 Å². The third-order valence-electron chi connectivity index (χ3n) is 5.31. The number of carbonyl (C=O) groups excluding carboxylic acids is 1. The van der Waals surface area contributed by atoms with Crippen molar-refractivity contribution in [2.24, 2.45) is 0 Å². The van der Waals surface area contributed by atoms with Crippen LogP contribution in [0.2, 0.25) is 0 Å². The summed E-state index contributed by atoms with van der Waals surface area (Å²) in [5.74, 6) is 0.429. The molecular weight excluding hydrogens is 382 g/mol. The van der Waals surface area contributed by atoms with E-state index in [2.05, 4.69) is 20.1 Å². The summed E-state index contributed by atoms with van der Waals surface area (Å²) >= 11 is 0. The fourth-order valence-corrected chi connectivity index (χ4v) is 3.80. The van der Waals surface area contributed by atoms with E-state index in [1.165, 1.54) is 16.9 Å². The smallest absolute Gasteiger partial charge is 0.274 e. The van der Waals surface area contributed by atoms with Gasteiger partial charge in [-0.25, -0.2) is 14.6 Å². The van der Waals surface area contributed by atoms with Crippen LogP contribution in [0, 0.1) is 0 Å². The van der Waals surface area contributed by atoms with Gasteiger partial charge in [-0.3, -0.25) is 19.1 Å². The Morgan fingerprint density at radius 3 is 2.83 bits per heavy atom. The number of para-hydroxylation sites is 2. The Balaban J connectivity index is 1.40. The van der Waals surface area contributed by atoms with E-state index in [4.69, 9.17) is 0 Å². The Hall–Kier alpha value is -3.88. The van der Waals surface area contributed by atoms with Gasteiger partial charge in [0.15, 0.2) is 5.82 Å². The zero-order valence-corrected chi connectivity index (χ0v) is 16.1. The predicted molar refractivity (Wildman–Crippen MR) is 109 cm³/mol. The molecule has 0 N–H and O–H groups in total. The minimum atomic E-state index is -0.205. The molecule has 1 aliphatic heterocycles. The van der Waals surface area contributed by atoms with E-state index < -0.39 is 0 Å². The maximum Gasteiger partial charge on any atom is 0.274 e. The summed E-state index contributed by atoms with van der Waals surface area (Å²) < 4.78 is 3.15. The van der Waals surface area contributed by atoms with Crippen molar-refractivity contribution in [2.75, 3.05) is 6.54 Å². The third kappa shape index (κ3) is 3.34. The molecule has 9 heteroatoms. The average molecular weight is 401 g/mol. The molecule has 9 nitrogen and oxygen atoms in total. The fourth-order valence-electron chi connectivity index (χ4n) is 3.80. The summed E-state index contributed by atoms with van der Waals surface area (Å²) in [6.07, 6.45) is 8.23. The quantitative estimate of drug-likeness (QED) is 0.516. The Morgan fingerprint density at radius 1 is 1.13 bits per heavy atom. The van der Waals surface area contributed by atoms with Gasteiger partial charge in [-0.1, -0.05) is 12.1 Å². The molecule has 0 bridgehead atoms. The monoisotopic (exact) mass is 401 g/mol. The van der Waals surface area contributed by atoms with E-state index in [1.807, 2.05) is 24.3 Å². The molecule has 1 aliphatic rings. The highest BCUT2D eigenvalue weighted by atomic mass is 16.2. The molecule has 30 heavy (non-hydrogen) atoms. The van der Waals surface area contributed by atoms with Crippen LogP contribution in [0.3, 0.4) is 0 Å². The summed E-state index contributed by atoms with van der Waals surface area (Å²) in [4.78, 5) is 40.1. The van der Waals surface area contributed by atoms with Crippen molar-refractivity contribution >= 4 is 16.9 Å². The molecule has 0 saturated carbocycles. The molecule has 1 amide bonds. The van der Waals surface area contributed by atoms with Crippen LogP contribution < -0.4 is 5.56 Å². The van der Waals surface area contributed by atoms with E-state index in [0.29, 0.717) is 30.1 Å². The largest absolute Gasteiger partial charge is 0.332 e. The van der Waals surface area contributed by atoms with Crippen molar-refractivity contribution in [1.29, 1.82) is 0 Å². The molecule has 3 aromatic heterocycles. The number of nitrogens with zero attached hydrogens (tertiary/aromatic N) is 7. The molecule has 1 atom stereocenters. The minimum Gasteiger partial charge on any atom is -0.332 e. The van der Waals surface area contributed by atoms with E-state index in [9.17, 15) is 9.59 Å². The van der Waals surface area contributed by atoms with E-state index in [1.54, 1.807) is 34.3 Å². The highest BCUT2D eigenvalue weighted by molar-refractivity contribution is 5.94. The molecule has 4 aromatic rings. The van der Waals surface area contributed by atoms with Gasteiger partial charge in [-0.2, -0.15) is 5.10 Å². The molecule has 5 rings (SSSR count). The van der Waals surface area contributed by atoms with Gasteiger partial charge in [-0.05, 0) is 31.0 Å². The Kier molecular flexibility index (Phi) is 4.55. The van der Waals surface area contributed by atoms with Gasteiger partial charge in [0, 0.05) is 25.0 Å². The van der Waals surface area contributed by atoms with Crippen molar-refractivity contribution in [1.82, 2.24) is 34.2 Å². The van der Waals surface area contributed by atoms with Crippen molar-refractivity contribution in [3.05, 3.63) is 77.4 Å². The lowest BCUT2D eigenvalue weighted by molar-refractivity contribution is 0.0714. The van der Waals surface area contributed by atoms with Crippen LogP contribution in [0.4, 0.5) is 0 Å². The van der Waals surface area contributed by atoms with Crippen molar-refractivity contribution < 1.29 is 4.79 Å². The molecular formula is C21H19N7O2. The van der Waals surface area contributed by atoms with Crippen LogP contribution in [0.15, 0.2) is 66.1 Å². The second kappa shape index (κ2) is 7.51. The standard InChI is InChI=1S/C21H19N7O2/c29-20-8-7-19(26-11-9-22-14-26)25-28(20)13-15-4-3-10-27(15)21(30)18-12-23-16-5-1-2-6-17(16)24-18/h1-2,5-9,11-12,14-15H,3-4,10,13H2. The van der Waals surface area contributed by atoms with Gasteiger partial charge in [0.1, 0.15) is 12.0 Å². The highest BCUT2D eigenvalue weighted by Gasteiger charge is 2.31. The molecule has 1 unspecified atom stereocenters. The average Bonchev–Trinajstić information content (AvgIpc) is 3.47. The zero-order valence-electron chi connectivity index (χ0n) is 16.1. The number of fused-ring (bicyclic) bond motifs is 1. The number of carbonyl (C=O) groups is 1. The number of hydrogen-bond donors (Lipinski definition) is 0. The number of hydrogen-bond acceptors (Lipinski definition) is 6. The number of amides is 1. The minimum absolute atomic E-state index is 0.131. The van der Waals surface area contributed by atoms with Crippen LogP contribution in [0.25, 0.3) is 16.9 Å². The number of aromatic nitrogens is 6. The fraction of sp³-hybridized carbons (Fsp3) is 0.238. The van der Waals surface area contributed by atoms with E-state index in [-0.39, 0.29) is 17.5 Å². The van der Waals surface area contributed by atoms with E-state index >= 15 is 0 Å². The number of benzene rings is 1. The van der Waals surface area contributed by atoms with Gasteiger partial charge in [0.05, 0.1) is 29.8 Å². The van der Waals surface area contributed by atoms with Gasteiger partial charge in [0.25, 0.3) is 11.5 Å². The summed E-state index contributed by atoms with van der Waals surface area (Å²) in [6.45, 7) is 0.947. The maximum absolute atomic E-state index is 13.1. The second-order valence-corrected chi connectivity index (χ2v) is 7.22. The summed E-state index contributed by atoms with van der Waals surface area (Å²) in [5.41, 5.74) is 1.54. The van der Waals surface area contributed by atoms with Crippen molar-refractivity contribution in [3.8, 4) is 5.82 Å². The molecule has 0 spiro atoms. The first-order chi connectivity index (χ1) is 14.7. The zero-order chi connectivity index (χ0) is 20.5. The summed E-state index contributed by atoms with van der Waals surface area (Å²) in [6, 6.07) is 10.5. The Labute approximate surface area is 171 Å². The van der Waals surface area contributed by atoms with Crippen molar-refractivity contribution in [3.63, 3.8) is 0 Å². The summed E-state index contributed by atoms with van der Waals surface area (Å²) in [7, 11) is 0. The Bertz CT molecular complexity index is 1270. The molecule has 150 valence electrons. The second-order valence-electron chi connectivity index (χ2n) is 7.22. The predicted octanol–water partition coefficient (Wildman–Crippen LogP) is 1.68. The van der Waals surface area contributed by atoms with Gasteiger partial charge < -0.3 is 4.90 Å². The molecule has 0 aliphatic carbocycles. The molecule has 1 aromatic carbocycles. The van der Waals surface area contributed by atoms with Gasteiger partial charge in [0.2, 0.25) is 0 Å². The van der Waals surface area contributed by atoms with Crippen LogP contribution >= 0.6 is 0 Å². The Morgan fingerprint density at radius 2 is 2.00 bits per heavy atom. The van der Waals surface area contributed by atoms with E-state index in [0.717, 1.165) is 18.4 Å². The number of imidazole rings is 1. The number of rotatable bonds is 4. The first-order valence-corrected chi connectivity index (χ1v) is 9.78. The molecule has 0 radical (unpaired) electrons. The number of likely N-dealkylation sites (tertiary alicyclic amines) is 1. The topological polar surface area (TPSA) is 98.8 Å². The normalized spacial score (nSPS) is 16.3. The first-order valence-electron chi connectivity index (χ1n) is 9.78. The van der Waals surface area contributed by atoms with Crippen LogP contribution in [0.1, 0.15) is 23.3 Å². The van der Waals surface area contributed by atoms with Gasteiger partial charge >= 0.3 is 0 Å². The van der Waals surface area contributed by atoms with Gasteiger partial charge in [-0.15, -0.1) is 0 Å². The lowest BCUT2D eigenvalue weighted by Gasteiger charge is -2.24.